The summed E-state index contributed by atoms with van der Waals surface area (Å²) in [7, 11) is 0. The number of nitrogens with one attached hydrogen (secondary N) is 2. The quantitative estimate of drug-likeness (QED) is 0.786. The highest BCUT2D eigenvalue weighted by atomic mass is 16.2. The van der Waals surface area contributed by atoms with Crippen molar-refractivity contribution >= 4 is 17.5 Å². The van der Waals surface area contributed by atoms with E-state index in [1.807, 2.05) is 39.0 Å². The van der Waals surface area contributed by atoms with Crippen LogP contribution < -0.4 is 10.6 Å². The van der Waals surface area contributed by atoms with Gasteiger partial charge in [0.25, 0.3) is 0 Å². The molecular formula is C22H36N4O2. The molecule has 2 N–H and O–H groups in total. The van der Waals surface area contributed by atoms with Crippen LogP contribution in [0.25, 0.3) is 0 Å². The molecule has 1 aliphatic heterocycles. The molecule has 0 bridgehead atoms. The first-order chi connectivity index (χ1) is 13.1. The van der Waals surface area contributed by atoms with Gasteiger partial charge in [0.15, 0.2) is 0 Å². The van der Waals surface area contributed by atoms with Crippen LogP contribution in [0.15, 0.2) is 24.3 Å². The smallest absolute Gasteiger partial charge is 0.238 e. The summed E-state index contributed by atoms with van der Waals surface area (Å²) in [4.78, 5) is 29.1. The maximum Gasteiger partial charge on any atom is 0.238 e. The van der Waals surface area contributed by atoms with Crippen molar-refractivity contribution in [3.05, 3.63) is 29.8 Å². The average molecular weight is 389 g/mol. The van der Waals surface area contributed by atoms with E-state index < -0.39 is 0 Å². The fraction of sp³-hybridized carbons (Fsp3) is 0.636. The number of carbonyl (C=O) groups excluding carboxylic acids is 2. The fourth-order valence-corrected chi connectivity index (χ4v) is 3.51. The molecule has 1 aromatic rings. The fourth-order valence-electron chi connectivity index (χ4n) is 3.51. The van der Waals surface area contributed by atoms with Crippen molar-refractivity contribution in [1.82, 2.24) is 15.1 Å². The van der Waals surface area contributed by atoms with Crippen molar-refractivity contribution in [3.8, 4) is 0 Å². The molecule has 1 heterocycles. The molecule has 0 aromatic heterocycles. The van der Waals surface area contributed by atoms with Crippen LogP contribution in [0.2, 0.25) is 0 Å². The Morgan fingerprint density at radius 3 is 2.11 bits per heavy atom. The molecule has 1 aromatic carbocycles. The predicted octanol–water partition coefficient (Wildman–Crippen LogP) is 2.67. The number of anilines is 1. The largest absolute Gasteiger partial charge is 0.350 e. The van der Waals surface area contributed by atoms with E-state index in [1.165, 1.54) is 0 Å². The van der Waals surface area contributed by atoms with Gasteiger partial charge in [-0.05, 0) is 57.8 Å². The third-order valence-electron chi connectivity index (χ3n) is 4.79. The SMILES string of the molecule is CC(C)c1ccccc1NC(=O)CN1CCCN(CC(=O)NC(C)(C)C)CC1. The zero-order valence-corrected chi connectivity index (χ0v) is 18.0. The lowest BCUT2D eigenvalue weighted by molar-refractivity contribution is -0.123. The molecule has 6 nitrogen and oxygen atoms in total. The minimum Gasteiger partial charge on any atom is -0.350 e. The summed E-state index contributed by atoms with van der Waals surface area (Å²) in [6.07, 6.45) is 0.957. The summed E-state index contributed by atoms with van der Waals surface area (Å²) < 4.78 is 0. The summed E-state index contributed by atoms with van der Waals surface area (Å²) in [6, 6.07) is 7.98. The molecule has 0 aliphatic carbocycles. The maximum absolute atomic E-state index is 12.6. The van der Waals surface area contributed by atoms with Crippen molar-refractivity contribution in [2.24, 2.45) is 0 Å². The summed E-state index contributed by atoms with van der Waals surface area (Å²) >= 11 is 0. The van der Waals surface area contributed by atoms with Gasteiger partial charge >= 0.3 is 0 Å². The van der Waals surface area contributed by atoms with Crippen LogP contribution in [-0.4, -0.2) is 66.4 Å². The molecule has 0 saturated carbocycles. The standard InChI is InChI=1S/C22H36N4O2/c1-17(2)18-9-6-7-10-19(18)23-20(27)15-25-11-8-12-26(14-13-25)16-21(28)24-22(3,4)5/h6-7,9-10,17H,8,11-16H2,1-5H3,(H,23,27)(H,24,28). The van der Waals surface area contributed by atoms with E-state index in [1.54, 1.807) is 0 Å². The van der Waals surface area contributed by atoms with Gasteiger partial charge in [-0.3, -0.25) is 19.4 Å². The number of para-hydroxylation sites is 1. The lowest BCUT2D eigenvalue weighted by Crippen LogP contribution is -2.46. The van der Waals surface area contributed by atoms with Crippen molar-refractivity contribution in [1.29, 1.82) is 0 Å². The Hall–Kier alpha value is -1.92. The monoisotopic (exact) mass is 388 g/mol. The number of rotatable bonds is 6. The van der Waals surface area contributed by atoms with E-state index in [4.69, 9.17) is 0 Å². The number of amides is 2. The molecule has 2 amide bonds. The van der Waals surface area contributed by atoms with Crippen LogP contribution in [0.3, 0.4) is 0 Å². The van der Waals surface area contributed by atoms with Gasteiger partial charge in [-0.2, -0.15) is 0 Å². The molecule has 2 rings (SSSR count). The average Bonchev–Trinajstić information content (AvgIpc) is 2.78. The number of hydrogen-bond donors (Lipinski definition) is 2. The first kappa shape index (κ1) is 22.4. The van der Waals surface area contributed by atoms with Gasteiger partial charge in [-0.1, -0.05) is 32.0 Å². The number of benzene rings is 1. The highest BCUT2D eigenvalue weighted by molar-refractivity contribution is 5.93. The molecule has 0 atom stereocenters. The molecule has 1 aliphatic rings. The first-order valence-electron chi connectivity index (χ1n) is 10.3. The highest BCUT2D eigenvalue weighted by Gasteiger charge is 2.21. The summed E-state index contributed by atoms with van der Waals surface area (Å²) in [5.74, 6) is 0.443. The summed E-state index contributed by atoms with van der Waals surface area (Å²) in [5.41, 5.74) is 1.85. The van der Waals surface area contributed by atoms with Crippen LogP contribution >= 0.6 is 0 Å². The van der Waals surface area contributed by atoms with Crippen molar-refractivity contribution in [2.45, 2.75) is 52.5 Å². The van der Waals surface area contributed by atoms with E-state index in [2.05, 4.69) is 40.3 Å². The Kier molecular flexibility index (Phi) is 8.01. The molecule has 0 spiro atoms. The Morgan fingerprint density at radius 1 is 0.964 bits per heavy atom. The minimum atomic E-state index is -0.209. The number of carbonyl (C=O) groups is 2. The lowest BCUT2D eigenvalue weighted by atomic mass is 10.0. The zero-order valence-electron chi connectivity index (χ0n) is 18.0. The number of nitrogens with zero attached hydrogens (tertiary/aromatic N) is 2. The van der Waals surface area contributed by atoms with Crippen LogP contribution in [-0.2, 0) is 9.59 Å². The lowest BCUT2D eigenvalue weighted by Gasteiger charge is -2.25. The maximum atomic E-state index is 12.6. The molecule has 1 fully saturated rings. The second-order valence-electron chi connectivity index (χ2n) is 8.99. The van der Waals surface area contributed by atoms with Crippen LogP contribution in [0.4, 0.5) is 5.69 Å². The second kappa shape index (κ2) is 10.0. The molecule has 1 saturated heterocycles. The molecule has 156 valence electrons. The van der Waals surface area contributed by atoms with E-state index in [9.17, 15) is 9.59 Å². The van der Waals surface area contributed by atoms with Crippen molar-refractivity contribution < 1.29 is 9.59 Å². The Labute approximate surface area is 169 Å². The normalized spacial score (nSPS) is 16.6. The van der Waals surface area contributed by atoms with E-state index in [0.29, 0.717) is 19.0 Å². The van der Waals surface area contributed by atoms with Crippen LogP contribution in [0.5, 0.6) is 0 Å². The van der Waals surface area contributed by atoms with Gasteiger partial charge in [0.1, 0.15) is 0 Å². The topological polar surface area (TPSA) is 64.7 Å². The van der Waals surface area contributed by atoms with Crippen molar-refractivity contribution in [2.75, 3.05) is 44.6 Å². The van der Waals surface area contributed by atoms with E-state index in [0.717, 1.165) is 43.9 Å². The second-order valence-corrected chi connectivity index (χ2v) is 8.99. The van der Waals surface area contributed by atoms with Gasteiger partial charge in [0.2, 0.25) is 11.8 Å². The Balaban J connectivity index is 1.83. The molecule has 0 radical (unpaired) electrons. The minimum absolute atomic E-state index is 0.0204. The molecule has 0 unspecified atom stereocenters. The van der Waals surface area contributed by atoms with Gasteiger partial charge in [-0.25, -0.2) is 0 Å². The highest BCUT2D eigenvalue weighted by Crippen LogP contribution is 2.23. The van der Waals surface area contributed by atoms with Gasteiger partial charge in [0.05, 0.1) is 13.1 Å². The van der Waals surface area contributed by atoms with Gasteiger partial charge < -0.3 is 10.6 Å². The first-order valence-corrected chi connectivity index (χ1v) is 10.3. The third-order valence-corrected chi connectivity index (χ3v) is 4.79. The van der Waals surface area contributed by atoms with Crippen LogP contribution in [0.1, 0.15) is 52.5 Å². The zero-order chi connectivity index (χ0) is 20.7. The predicted molar refractivity (Wildman–Crippen MR) is 115 cm³/mol. The molecular weight excluding hydrogens is 352 g/mol. The van der Waals surface area contributed by atoms with Gasteiger partial charge in [0, 0.05) is 24.3 Å². The van der Waals surface area contributed by atoms with E-state index >= 15 is 0 Å². The molecule has 28 heavy (non-hydrogen) atoms. The number of hydrogen-bond acceptors (Lipinski definition) is 4. The summed E-state index contributed by atoms with van der Waals surface area (Å²) in [5, 5.41) is 6.08. The van der Waals surface area contributed by atoms with E-state index in [-0.39, 0.29) is 17.4 Å². The van der Waals surface area contributed by atoms with Crippen molar-refractivity contribution in [3.63, 3.8) is 0 Å². The Bertz CT molecular complexity index is 667. The van der Waals surface area contributed by atoms with Crippen LogP contribution in [0, 0.1) is 0 Å². The Morgan fingerprint density at radius 2 is 1.54 bits per heavy atom. The molecule has 6 heteroatoms. The van der Waals surface area contributed by atoms with Gasteiger partial charge in [-0.15, -0.1) is 0 Å². The third kappa shape index (κ3) is 7.60. The summed E-state index contributed by atoms with van der Waals surface area (Å²) in [6.45, 7) is 14.4.